The first kappa shape index (κ1) is 48.8. The Labute approximate surface area is 395 Å². The first-order valence-electron chi connectivity index (χ1n) is 22.7. The minimum atomic E-state index is -4.68. The molecule has 4 aromatic rings. The van der Waals surface area contributed by atoms with Crippen molar-refractivity contribution in [2.75, 3.05) is 29.9 Å². The number of fused-ring (bicyclic) bond motifs is 4. The lowest BCUT2D eigenvalue weighted by molar-refractivity contribution is -0.401. The molecule has 0 bridgehead atoms. The molecule has 12 nitrogen and oxygen atoms in total. The Bertz CT molecular complexity index is 3010. The van der Waals surface area contributed by atoms with Crippen LogP contribution in [0.1, 0.15) is 107 Å². The first-order valence-corrected chi connectivity index (χ1v) is 25.5. The molecule has 14 heteroatoms. The van der Waals surface area contributed by atoms with Gasteiger partial charge in [-0.3, -0.25) is 9.59 Å². The van der Waals surface area contributed by atoms with E-state index < -0.39 is 31.1 Å². The Morgan fingerprint density at radius 3 is 2.10 bits per heavy atom. The number of carbonyl (C=O) groups excluding carboxylic acids is 2. The molecule has 0 atom stereocenters. The van der Waals surface area contributed by atoms with Crippen molar-refractivity contribution in [1.82, 2.24) is 5.32 Å². The quantitative estimate of drug-likeness (QED) is 0.0359. The Hall–Kier alpha value is -6.11. The molecule has 350 valence electrons. The van der Waals surface area contributed by atoms with Crippen LogP contribution in [0.3, 0.4) is 0 Å². The average molecular weight is 942 g/mol. The van der Waals surface area contributed by atoms with Crippen molar-refractivity contribution in [1.29, 1.82) is 0 Å². The van der Waals surface area contributed by atoms with E-state index in [0.717, 1.165) is 82.0 Å². The standard InChI is InChI=1S/C53H58N4O8S2/c1-52(2)43-35-41(66(60,61)62)29-31-46(43)55(5)48(52)23-9-6-10-24-49-53(3,4)44-36-42(67(63,64)65)30-32-47(44)56(49)34-18-8-11-25-50(58)54-33-17-7-12-26-51(59)57-37-40-21-14-13-19-38(40)27-28-39-20-15-16-22-45(39)57/h6,9-10,13-16,19-24,29-32,35-36H,7-8,11-12,17-18,25-26,33-34,37H2,1-5H3,(H2-,54,58,60,61,62,63,64,65)/p-1. The molecule has 3 aliphatic heterocycles. The highest BCUT2D eigenvalue weighted by Crippen LogP contribution is 2.48. The molecule has 0 spiro atoms. The van der Waals surface area contributed by atoms with Gasteiger partial charge in [-0.15, -0.1) is 0 Å². The average Bonchev–Trinajstić information content (AvgIpc) is 3.60. The zero-order chi connectivity index (χ0) is 48.1. The zero-order valence-corrected chi connectivity index (χ0v) is 40.3. The van der Waals surface area contributed by atoms with Crippen LogP contribution >= 0.6 is 0 Å². The van der Waals surface area contributed by atoms with Gasteiger partial charge in [0.1, 0.15) is 27.3 Å². The summed E-state index contributed by atoms with van der Waals surface area (Å²) in [5.41, 5.74) is 7.32. The number of nitrogens with one attached hydrogen (secondary N) is 1. The van der Waals surface area contributed by atoms with Gasteiger partial charge in [-0.25, -0.2) is 16.8 Å². The van der Waals surface area contributed by atoms with E-state index in [4.69, 9.17) is 0 Å². The van der Waals surface area contributed by atoms with Crippen molar-refractivity contribution in [3.8, 4) is 11.8 Å². The fourth-order valence-corrected chi connectivity index (χ4v) is 10.3. The van der Waals surface area contributed by atoms with E-state index in [1.807, 2.05) is 123 Å². The molecular formula is C53H57N4O8S2-. The van der Waals surface area contributed by atoms with Gasteiger partial charge in [0.05, 0.1) is 27.4 Å². The van der Waals surface area contributed by atoms with Crippen LogP contribution in [0.15, 0.2) is 131 Å². The molecule has 3 aliphatic rings. The fourth-order valence-electron chi connectivity index (χ4n) is 9.35. The number of anilines is 2. The van der Waals surface area contributed by atoms with Gasteiger partial charge < -0.3 is 24.2 Å². The van der Waals surface area contributed by atoms with E-state index in [0.29, 0.717) is 45.3 Å². The van der Waals surface area contributed by atoms with Crippen molar-refractivity contribution < 1.29 is 40.1 Å². The van der Waals surface area contributed by atoms with Crippen molar-refractivity contribution in [3.63, 3.8) is 0 Å². The number of nitrogens with zero attached hydrogens (tertiary/aromatic N) is 3. The van der Waals surface area contributed by atoms with Gasteiger partial charge in [-0.05, 0) is 105 Å². The van der Waals surface area contributed by atoms with Crippen LogP contribution in [0.4, 0.5) is 17.1 Å². The maximum absolute atomic E-state index is 13.5. The van der Waals surface area contributed by atoms with Gasteiger partial charge in [0.2, 0.25) is 17.5 Å². The molecule has 7 rings (SSSR count). The molecule has 2 amide bonds. The molecule has 0 unspecified atom stereocenters. The zero-order valence-electron chi connectivity index (χ0n) is 38.7. The lowest BCUT2D eigenvalue weighted by Crippen LogP contribution is -2.31. The molecule has 0 radical (unpaired) electrons. The Balaban J connectivity index is 0.903. The minimum Gasteiger partial charge on any atom is -0.744 e. The number of unbranched alkanes of at least 4 members (excludes halogenated alkanes) is 4. The highest BCUT2D eigenvalue weighted by molar-refractivity contribution is 7.86. The predicted molar refractivity (Wildman–Crippen MR) is 259 cm³/mol. The molecular weight excluding hydrogens is 885 g/mol. The third-order valence-corrected chi connectivity index (χ3v) is 14.7. The van der Waals surface area contributed by atoms with E-state index in [9.17, 15) is 35.5 Å². The SMILES string of the molecule is C[N+]1=C(C=CC=CC=C2N(CCCCCC(=O)NCCCCCC(=O)N3Cc4ccccc4C#Cc4ccccc43)c3ccc(S(=O)(=O)[O-])cc3C2(C)C)C(C)(C)c2cc(S(=O)(=O)[O-])ccc21. The Kier molecular flexibility index (Phi) is 14.6. The number of rotatable bonds is 17. The molecule has 67 heavy (non-hydrogen) atoms. The van der Waals surface area contributed by atoms with Crippen LogP contribution < -0.4 is 15.1 Å². The molecule has 3 heterocycles. The number of hydrogen-bond acceptors (Lipinski definition) is 9. The molecule has 0 fully saturated rings. The van der Waals surface area contributed by atoms with Gasteiger partial charge in [0.25, 0.3) is 0 Å². The van der Waals surface area contributed by atoms with Crippen molar-refractivity contribution in [3.05, 3.63) is 149 Å². The van der Waals surface area contributed by atoms with Gasteiger partial charge in [-0.2, -0.15) is 4.58 Å². The molecule has 0 saturated carbocycles. The normalized spacial score (nSPS) is 16.6. The third-order valence-electron chi connectivity index (χ3n) is 13.0. The second-order valence-corrected chi connectivity index (χ2v) is 21.0. The predicted octanol–water partition coefficient (Wildman–Crippen LogP) is 8.48. The Morgan fingerprint density at radius 2 is 1.36 bits per heavy atom. The van der Waals surface area contributed by atoms with E-state index in [1.54, 1.807) is 12.1 Å². The summed E-state index contributed by atoms with van der Waals surface area (Å²) in [5, 5.41) is 3.03. The third kappa shape index (κ3) is 10.9. The number of allylic oxidation sites excluding steroid dienone is 6. The van der Waals surface area contributed by atoms with Crippen LogP contribution in [0, 0.1) is 11.8 Å². The highest BCUT2D eigenvalue weighted by Gasteiger charge is 2.43. The van der Waals surface area contributed by atoms with Crippen molar-refractivity contribution in [2.24, 2.45) is 0 Å². The van der Waals surface area contributed by atoms with Crippen molar-refractivity contribution >= 4 is 54.8 Å². The molecule has 4 aromatic carbocycles. The summed E-state index contributed by atoms with van der Waals surface area (Å²) in [7, 11) is -7.39. The summed E-state index contributed by atoms with van der Waals surface area (Å²) in [4.78, 5) is 29.8. The monoisotopic (exact) mass is 941 g/mol. The maximum Gasteiger partial charge on any atom is 0.227 e. The smallest absolute Gasteiger partial charge is 0.227 e. The van der Waals surface area contributed by atoms with Crippen LogP contribution in [-0.4, -0.2) is 68.2 Å². The van der Waals surface area contributed by atoms with Crippen LogP contribution in [-0.2, 0) is 47.2 Å². The van der Waals surface area contributed by atoms with Crippen LogP contribution in [0.2, 0.25) is 0 Å². The van der Waals surface area contributed by atoms with E-state index in [1.165, 1.54) is 24.3 Å². The summed E-state index contributed by atoms with van der Waals surface area (Å²) in [6.07, 6.45) is 14.9. The largest absolute Gasteiger partial charge is 0.744 e. The molecule has 0 aliphatic carbocycles. The number of para-hydroxylation sites is 1. The van der Waals surface area contributed by atoms with E-state index in [2.05, 4.69) is 22.1 Å². The summed E-state index contributed by atoms with van der Waals surface area (Å²) < 4.78 is 73.3. The van der Waals surface area contributed by atoms with Crippen molar-refractivity contribution in [2.45, 2.75) is 106 Å². The van der Waals surface area contributed by atoms with Crippen LogP contribution in [0.25, 0.3) is 0 Å². The lowest BCUT2D eigenvalue weighted by Gasteiger charge is -2.27. The number of carbonyl (C=O) groups is 2. The highest BCUT2D eigenvalue weighted by atomic mass is 32.2. The summed E-state index contributed by atoms with van der Waals surface area (Å²) in [5.74, 6) is 6.53. The second-order valence-electron chi connectivity index (χ2n) is 18.3. The number of benzene rings is 4. The fraction of sp³-hybridized carbons (Fsp3) is 0.340. The number of amides is 2. The lowest BCUT2D eigenvalue weighted by atomic mass is 9.81. The van der Waals surface area contributed by atoms with Gasteiger partial charge >= 0.3 is 0 Å². The van der Waals surface area contributed by atoms with Gasteiger partial charge in [-0.1, -0.05) is 87.1 Å². The first-order chi connectivity index (χ1) is 31.8. The minimum absolute atomic E-state index is 0.0137. The second kappa shape index (κ2) is 20.0. The van der Waals surface area contributed by atoms with E-state index in [-0.39, 0.29) is 21.6 Å². The topological polar surface area (TPSA) is 170 Å². The summed E-state index contributed by atoms with van der Waals surface area (Å²) in [6.45, 7) is 9.55. The summed E-state index contributed by atoms with van der Waals surface area (Å²) >= 11 is 0. The molecule has 0 aromatic heterocycles. The van der Waals surface area contributed by atoms with Gasteiger partial charge in [0.15, 0.2) is 5.71 Å². The number of hydrogen-bond donors (Lipinski definition) is 1. The maximum atomic E-state index is 13.5. The van der Waals surface area contributed by atoms with Gasteiger partial charge in [0, 0.05) is 71.6 Å². The molecule has 0 saturated heterocycles. The molecule has 1 N–H and O–H groups in total. The summed E-state index contributed by atoms with van der Waals surface area (Å²) in [6, 6.07) is 24.6. The van der Waals surface area contributed by atoms with Crippen LogP contribution in [0.5, 0.6) is 0 Å². The van der Waals surface area contributed by atoms with E-state index >= 15 is 0 Å². The Morgan fingerprint density at radius 1 is 0.716 bits per heavy atom.